The zero-order valence-electron chi connectivity index (χ0n) is 10.8. The van der Waals surface area contributed by atoms with E-state index in [1.807, 2.05) is 0 Å². The highest BCUT2D eigenvalue weighted by Gasteiger charge is 2.44. The molecule has 0 spiro atoms. The molecule has 0 aliphatic carbocycles. The quantitative estimate of drug-likeness (QED) is 0.867. The number of benzene rings is 1. The molecule has 1 aliphatic rings. The van der Waals surface area contributed by atoms with Crippen molar-refractivity contribution < 1.29 is 9.59 Å². The van der Waals surface area contributed by atoms with Crippen molar-refractivity contribution in [3.8, 4) is 0 Å². The first-order chi connectivity index (χ1) is 8.74. The molecule has 1 fully saturated rings. The number of nitrogens with zero attached hydrogens (tertiary/aromatic N) is 1. The van der Waals surface area contributed by atoms with Crippen LogP contribution >= 0.6 is 23.2 Å². The van der Waals surface area contributed by atoms with E-state index < -0.39 is 11.6 Å². The van der Waals surface area contributed by atoms with Crippen molar-refractivity contribution in [2.45, 2.75) is 32.4 Å². The highest BCUT2D eigenvalue weighted by Crippen LogP contribution is 2.33. The average Bonchev–Trinajstić information content (AvgIpc) is 2.31. The summed E-state index contributed by atoms with van der Waals surface area (Å²) in [6.07, 6.45) is 0. The minimum atomic E-state index is -0.963. The van der Waals surface area contributed by atoms with Crippen LogP contribution in [0.2, 0.25) is 10.0 Å². The Bertz CT molecular complexity index is 558. The summed E-state index contributed by atoms with van der Waals surface area (Å²) in [5.74, 6) is -0.440. The van der Waals surface area contributed by atoms with Crippen LogP contribution in [0.3, 0.4) is 0 Å². The Kier molecular flexibility index (Phi) is 3.49. The largest absolute Gasteiger partial charge is 0.340 e. The Morgan fingerprint density at radius 1 is 1.26 bits per heavy atom. The maximum absolute atomic E-state index is 12.5. The molecule has 102 valence electrons. The third kappa shape index (κ3) is 2.42. The molecule has 1 aromatic rings. The maximum Gasteiger partial charge on any atom is 0.252 e. The van der Waals surface area contributed by atoms with Crippen LogP contribution < -0.4 is 10.2 Å². The third-order valence-electron chi connectivity index (χ3n) is 3.12. The molecule has 1 unspecified atom stereocenters. The lowest BCUT2D eigenvalue weighted by Crippen LogP contribution is -2.67. The smallest absolute Gasteiger partial charge is 0.252 e. The van der Waals surface area contributed by atoms with Crippen LogP contribution in [0.25, 0.3) is 0 Å². The van der Waals surface area contributed by atoms with Crippen molar-refractivity contribution >= 4 is 40.7 Å². The van der Waals surface area contributed by atoms with Crippen molar-refractivity contribution in [2.75, 3.05) is 4.90 Å². The summed E-state index contributed by atoms with van der Waals surface area (Å²) in [5.41, 5.74) is -0.510. The summed E-state index contributed by atoms with van der Waals surface area (Å²) < 4.78 is 0. The minimum absolute atomic E-state index is 0.219. The van der Waals surface area contributed by atoms with Gasteiger partial charge in [-0.15, -0.1) is 0 Å². The van der Waals surface area contributed by atoms with Gasteiger partial charge in [-0.2, -0.15) is 0 Å². The van der Waals surface area contributed by atoms with E-state index in [4.69, 9.17) is 23.2 Å². The number of amides is 2. The second kappa shape index (κ2) is 4.69. The van der Waals surface area contributed by atoms with Gasteiger partial charge in [0, 0.05) is 5.02 Å². The van der Waals surface area contributed by atoms with E-state index in [0.29, 0.717) is 15.7 Å². The summed E-state index contributed by atoms with van der Waals surface area (Å²) >= 11 is 12.1. The van der Waals surface area contributed by atoms with Crippen molar-refractivity contribution in [2.24, 2.45) is 0 Å². The molecule has 1 aliphatic heterocycles. The van der Waals surface area contributed by atoms with Crippen LogP contribution in [-0.4, -0.2) is 23.4 Å². The molecule has 1 atom stereocenters. The van der Waals surface area contributed by atoms with Crippen molar-refractivity contribution in [1.29, 1.82) is 0 Å². The Labute approximate surface area is 121 Å². The van der Waals surface area contributed by atoms with E-state index in [2.05, 4.69) is 5.32 Å². The minimum Gasteiger partial charge on any atom is -0.340 e. The third-order valence-corrected chi connectivity index (χ3v) is 3.68. The number of rotatable bonds is 1. The summed E-state index contributed by atoms with van der Waals surface area (Å²) in [4.78, 5) is 25.8. The van der Waals surface area contributed by atoms with E-state index in [1.54, 1.807) is 39.0 Å². The Balaban J connectivity index is 2.54. The molecule has 0 aromatic heterocycles. The molecule has 6 heteroatoms. The monoisotopic (exact) mass is 300 g/mol. The van der Waals surface area contributed by atoms with Crippen LogP contribution in [0, 0.1) is 0 Å². The van der Waals surface area contributed by atoms with Gasteiger partial charge in [0.25, 0.3) is 5.91 Å². The standard InChI is InChI=1S/C13H14Cl2N2O2/c1-7-11(18)16-13(2,3)12(19)17(7)10-6-8(14)4-5-9(10)15/h4-7H,1-3H3,(H,16,18). The number of anilines is 1. The molecule has 1 heterocycles. The number of hydrogen-bond acceptors (Lipinski definition) is 2. The lowest BCUT2D eigenvalue weighted by molar-refractivity contribution is -0.136. The SMILES string of the molecule is CC1C(=O)NC(C)(C)C(=O)N1c1cc(Cl)ccc1Cl. The molecular weight excluding hydrogens is 287 g/mol. The van der Waals surface area contributed by atoms with Gasteiger partial charge in [0.15, 0.2) is 0 Å². The lowest BCUT2D eigenvalue weighted by atomic mass is 9.96. The van der Waals surface area contributed by atoms with Crippen LogP contribution in [0.15, 0.2) is 18.2 Å². The lowest BCUT2D eigenvalue weighted by Gasteiger charge is -2.41. The Morgan fingerprint density at radius 3 is 2.53 bits per heavy atom. The zero-order chi connectivity index (χ0) is 14.4. The van der Waals surface area contributed by atoms with Gasteiger partial charge in [0.1, 0.15) is 11.6 Å². The molecule has 0 saturated carbocycles. The average molecular weight is 301 g/mol. The molecular formula is C13H14Cl2N2O2. The fourth-order valence-corrected chi connectivity index (χ4v) is 2.42. The van der Waals surface area contributed by atoms with Crippen LogP contribution in [0.5, 0.6) is 0 Å². The van der Waals surface area contributed by atoms with Crippen molar-refractivity contribution in [3.63, 3.8) is 0 Å². The second-order valence-corrected chi connectivity index (χ2v) is 5.90. The van der Waals surface area contributed by atoms with E-state index in [0.717, 1.165) is 0 Å². The molecule has 0 bridgehead atoms. The molecule has 1 aromatic carbocycles. The highest BCUT2D eigenvalue weighted by atomic mass is 35.5. The first kappa shape index (κ1) is 14.2. The van der Waals surface area contributed by atoms with Crippen LogP contribution in [0.4, 0.5) is 5.69 Å². The van der Waals surface area contributed by atoms with Gasteiger partial charge in [-0.05, 0) is 39.0 Å². The molecule has 19 heavy (non-hydrogen) atoms. The Morgan fingerprint density at radius 2 is 1.89 bits per heavy atom. The summed E-state index contributed by atoms with van der Waals surface area (Å²) in [6.45, 7) is 4.97. The fourth-order valence-electron chi connectivity index (χ4n) is 2.05. The number of nitrogens with one attached hydrogen (secondary N) is 1. The normalized spacial score (nSPS) is 22.4. The molecule has 1 N–H and O–H groups in total. The molecule has 0 radical (unpaired) electrons. The van der Waals surface area contributed by atoms with E-state index in [-0.39, 0.29) is 11.8 Å². The van der Waals surface area contributed by atoms with E-state index in [9.17, 15) is 9.59 Å². The van der Waals surface area contributed by atoms with Crippen molar-refractivity contribution in [3.05, 3.63) is 28.2 Å². The van der Waals surface area contributed by atoms with Gasteiger partial charge in [-0.3, -0.25) is 14.5 Å². The summed E-state index contributed by atoms with van der Waals surface area (Å²) in [5, 5.41) is 3.53. The number of carbonyl (C=O) groups is 2. The van der Waals surface area contributed by atoms with Gasteiger partial charge in [-0.1, -0.05) is 23.2 Å². The predicted octanol–water partition coefficient (Wildman–Crippen LogP) is 2.62. The molecule has 2 rings (SSSR count). The van der Waals surface area contributed by atoms with E-state index >= 15 is 0 Å². The van der Waals surface area contributed by atoms with E-state index in [1.165, 1.54) is 4.90 Å². The molecule has 1 saturated heterocycles. The van der Waals surface area contributed by atoms with Gasteiger partial charge in [0.2, 0.25) is 5.91 Å². The van der Waals surface area contributed by atoms with Gasteiger partial charge < -0.3 is 5.32 Å². The molecule has 4 nitrogen and oxygen atoms in total. The predicted molar refractivity (Wildman–Crippen MR) is 75.6 cm³/mol. The topological polar surface area (TPSA) is 49.4 Å². The number of halogens is 2. The van der Waals surface area contributed by atoms with Gasteiger partial charge >= 0.3 is 0 Å². The number of carbonyl (C=O) groups excluding carboxylic acids is 2. The summed E-state index contributed by atoms with van der Waals surface area (Å²) in [7, 11) is 0. The van der Waals surface area contributed by atoms with Crippen molar-refractivity contribution in [1.82, 2.24) is 5.32 Å². The van der Waals surface area contributed by atoms with Crippen LogP contribution in [0.1, 0.15) is 20.8 Å². The second-order valence-electron chi connectivity index (χ2n) is 5.06. The van der Waals surface area contributed by atoms with Crippen LogP contribution in [-0.2, 0) is 9.59 Å². The molecule has 2 amide bonds. The highest BCUT2D eigenvalue weighted by molar-refractivity contribution is 6.36. The fraction of sp³-hybridized carbons (Fsp3) is 0.385. The zero-order valence-corrected chi connectivity index (χ0v) is 12.3. The maximum atomic E-state index is 12.5. The number of piperazine rings is 1. The first-order valence-corrected chi connectivity index (χ1v) is 6.60. The summed E-state index contributed by atoms with van der Waals surface area (Å²) in [6, 6.07) is 4.21. The Hall–Kier alpha value is -1.26. The van der Waals surface area contributed by atoms with Gasteiger partial charge in [0.05, 0.1) is 10.7 Å². The first-order valence-electron chi connectivity index (χ1n) is 5.85. The van der Waals surface area contributed by atoms with Gasteiger partial charge in [-0.25, -0.2) is 0 Å². The number of hydrogen-bond donors (Lipinski definition) is 1.